The molecule has 0 radical (unpaired) electrons. The van der Waals surface area contributed by atoms with Crippen LogP contribution in [0.2, 0.25) is 0 Å². The fourth-order valence-electron chi connectivity index (χ4n) is 1.72. The lowest BCUT2D eigenvalue weighted by molar-refractivity contribution is -0.120. The molecule has 0 saturated heterocycles. The van der Waals surface area contributed by atoms with Crippen LogP contribution in [-0.2, 0) is 4.79 Å². The number of carbonyl (C=O) groups is 1. The molecule has 1 amide bonds. The summed E-state index contributed by atoms with van der Waals surface area (Å²) in [5.74, 6) is 0.0309. The monoisotopic (exact) mass is 250 g/mol. The van der Waals surface area contributed by atoms with Crippen molar-refractivity contribution in [1.29, 1.82) is 0 Å². The van der Waals surface area contributed by atoms with Crippen molar-refractivity contribution in [3.8, 4) is 0 Å². The highest BCUT2D eigenvalue weighted by Gasteiger charge is 2.17. The molecule has 0 unspecified atom stereocenters. The Balaban J connectivity index is 2.64. The van der Waals surface area contributed by atoms with Crippen molar-refractivity contribution in [1.82, 2.24) is 4.90 Å². The van der Waals surface area contributed by atoms with E-state index in [-0.39, 0.29) is 18.6 Å². The van der Waals surface area contributed by atoms with Gasteiger partial charge in [-0.15, -0.1) is 0 Å². The van der Waals surface area contributed by atoms with Crippen molar-refractivity contribution in [2.75, 3.05) is 31.6 Å². The Hall–Kier alpha value is -1.39. The first-order valence-corrected chi connectivity index (χ1v) is 6.22. The Kier molecular flexibility index (Phi) is 5.82. The van der Waals surface area contributed by atoms with Crippen molar-refractivity contribution in [3.05, 3.63) is 30.3 Å². The summed E-state index contributed by atoms with van der Waals surface area (Å²) in [6.07, 6.45) is 0. The average molecular weight is 250 g/mol. The highest BCUT2D eigenvalue weighted by molar-refractivity contribution is 5.94. The minimum absolute atomic E-state index is 0.0309. The molecule has 0 atom stereocenters. The van der Waals surface area contributed by atoms with Crippen LogP contribution in [0.1, 0.15) is 13.8 Å². The number of hydrogen-bond acceptors (Lipinski definition) is 3. The number of carbonyl (C=O) groups excluding carboxylic acids is 1. The standard InChI is InChI=1S/C14H22N2O2/c1-12(2)16(9-10-17)11-14(18)15(3)13-7-5-4-6-8-13/h4-8,12,17H,9-11H2,1-3H3. The lowest BCUT2D eigenvalue weighted by Crippen LogP contribution is -2.42. The third-order valence-electron chi connectivity index (χ3n) is 2.97. The van der Waals surface area contributed by atoms with E-state index in [2.05, 4.69) is 0 Å². The number of benzene rings is 1. The minimum Gasteiger partial charge on any atom is -0.395 e. The molecule has 18 heavy (non-hydrogen) atoms. The molecule has 0 aliphatic rings. The number of likely N-dealkylation sites (N-methyl/N-ethyl adjacent to an activating group) is 1. The maximum Gasteiger partial charge on any atom is 0.240 e. The molecule has 4 nitrogen and oxygen atoms in total. The topological polar surface area (TPSA) is 43.8 Å². The molecule has 0 aliphatic heterocycles. The van der Waals surface area contributed by atoms with Gasteiger partial charge in [-0.2, -0.15) is 0 Å². The lowest BCUT2D eigenvalue weighted by Gasteiger charge is -2.27. The predicted octanol–water partition coefficient (Wildman–Crippen LogP) is 1.35. The van der Waals surface area contributed by atoms with Crippen LogP contribution in [0.25, 0.3) is 0 Å². The lowest BCUT2D eigenvalue weighted by atomic mass is 10.2. The third kappa shape index (κ3) is 4.13. The summed E-state index contributed by atoms with van der Waals surface area (Å²) in [6.45, 7) is 4.95. The zero-order chi connectivity index (χ0) is 13.5. The average Bonchev–Trinajstić information content (AvgIpc) is 2.38. The first-order valence-electron chi connectivity index (χ1n) is 6.22. The van der Waals surface area contributed by atoms with E-state index < -0.39 is 0 Å². The zero-order valence-electron chi connectivity index (χ0n) is 11.3. The second-order valence-electron chi connectivity index (χ2n) is 4.58. The van der Waals surface area contributed by atoms with Crippen LogP contribution in [0.15, 0.2) is 30.3 Å². The molecule has 0 heterocycles. The second-order valence-corrected chi connectivity index (χ2v) is 4.58. The fourth-order valence-corrected chi connectivity index (χ4v) is 1.72. The highest BCUT2D eigenvalue weighted by atomic mass is 16.3. The Labute approximate surface area is 109 Å². The summed E-state index contributed by atoms with van der Waals surface area (Å²) in [4.78, 5) is 15.7. The van der Waals surface area contributed by atoms with E-state index in [1.807, 2.05) is 49.1 Å². The van der Waals surface area contributed by atoms with E-state index in [9.17, 15) is 4.79 Å². The van der Waals surface area contributed by atoms with Crippen molar-refractivity contribution < 1.29 is 9.90 Å². The zero-order valence-corrected chi connectivity index (χ0v) is 11.3. The first-order chi connectivity index (χ1) is 8.56. The summed E-state index contributed by atoms with van der Waals surface area (Å²) in [5, 5.41) is 8.99. The molecule has 1 N–H and O–H groups in total. The van der Waals surface area contributed by atoms with Gasteiger partial charge in [0.2, 0.25) is 5.91 Å². The first kappa shape index (κ1) is 14.7. The maximum absolute atomic E-state index is 12.1. The van der Waals surface area contributed by atoms with E-state index >= 15 is 0 Å². The summed E-state index contributed by atoms with van der Waals surface area (Å²) in [5.41, 5.74) is 0.884. The van der Waals surface area contributed by atoms with Crippen molar-refractivity contribution in [2.24, 2.45) is 0 Å². The normalized spacial score (nSPS) is 11.0. The van der Waals surface area contributed by atoms with Crippen LogP contribution in [-0.4, -0.2) is 48.7 Å². The molecule has 0 spiro atoms. The predicted molar refractivity (Wildman–Crippen MR) is 73.6 cm³/mol. The van der Waals surface area contributed by atoms with Crippen LogP contribution in [0.5, 0.6) is 0 Å². The van der Waals surface area contributed by atoms with Crippen LogP contribution in [0, 0.1) is 0 Å². The van der Waals surface area contributed by atoms with E-state index in [1.165, 1.54) is 0 Å². The number of rotatable bonds is 6. The van der Waals surface area contributed by atoms with Gasteiger partial charge in [0.25, 0.3) is 0 Å². The van der Waals surface area contributed by atoms with Crippen LogP contribution in [0.3, 0.4) is 0 Å². The van der Waals surface area contributed by atoms with E-state index in [4.69, 9.17) is 5.11 Å². The molecule has 1 aromatic rings. The molecule has 0 bridgehead atoms. The van der Waals surface area contributed by atoms with Crippen molar-refractivity contribution >= 4 is 11.6 Å². The molecule has 4 heteroatoms. The molecule has 1 rings (SSSR count). The molecule has 0 aromatic heterocycles. The Morgan fingerprint density at radius 2 is 1.89 bits per heavy atom. The number of aliphatic hydroxyl groups excluding tert-OH is 1. The van der Waals surface area contributed by atoms with Gasteiger partial charge >= 0.3 is 0 Å². The third-order valence-corrected chi connectivity index (χ3v) is 2.97. The minimum atomic E-state index is 0.0309. The van der Waals surface area contributed by atoms with E-state index in [1.54, 1.807) is 11.9 Å². The van der Waals surface area contributed by atoms with Gasteiger partial charge < -0.3 is 10.0 Å². The smallest absolute Gasteiger partial charge is 0.240 e. The number of aliphatic hydroxyl groups is 1. The van der Waals surface area contributed by atoms with Crippen molar-refractivity contribution in [2.45, 2.75) is 19.9 Å². The van der Waals surface area contributed by atoms with Gasteiger partial charge in [0.15, 0.2) is 0 Å². The van der Waals surface area contributed by atoms with Crippen LogP contribution >= 0.6 is 0 Å². The van der Waals surface area contributed by atoms with Crippen LogP contribution < -0.4 is 4.90 Å². The van der Waals surface area contributed by atoms with Gasteiger partial charge in [-0.05, 0) is 26.0 Å². The van der Waals surface area contributed by atoms with Gasteiger partial charge in [0, 0.05) is 25.3 Å². The summed E-state index contributed by atoms with van der Waals surface area (Å²) in [7, 11) is 1.77. The van der Waals surface area contributed by atoms with Gasteiger partial charge in [-0.25, -0.2) is 0 Å². The molecule has 0 saturated carbocycles. The molecule has 100 valence electrons. The summed E-state index contributed by atoms with van der Waals surface area (Å²) >= 11 is 0. The number of amides is 1. The summed E-state index contributed by atoms with van der Waals surface area (Å²) < 4.78 is 0. The Bertz CT molecular complexity index is 365. The number of hydrogen-bond donors (Lipinski definition) is 1. The van der Waals surface area contributed by atoms with Gasteiger partial charge in [0.1, 0.15) is 0 Å². The largest absolute Gasteiger partial charge is 0.395 e. The van der Waals surface area contributed by atoms with Crippen molar-refractivity contribution in [3.63, 3.8) is 0 Å². The fraction of sp³-hybridized carbons (Fsp3) is 0.500. The van der Waals surface area contributed by atoms with Gasteiger partial charge in [-0.1, -0.05) is 18.2 Å². The van der Waals surface area contributed by atoms with Gasteiger partial charge in [-0.3, -0.25) is 9.69 Å². The number of anilines is 1. The molecule has 0 aliphatic carbocycles. The Morgan fingerprint density at radius 3 is 2.39 bits per heavy atom. The highest BCUT2D eigenvalue weighted by Crippen LogP contribution is 2.11. The Morgan fingerprint density at radius 1 is 1.28 bits per heavy atom. The van der Waals surface area contributed by atoms with E-state index in [0.717, 1.165) is 5.69 Å². The quantitative estimate of drug-likeness (QED) is 0.829. The SMILES string of the molecule is CC(C)N(CCO)CC(=O)N(C)c1ccccc1. The summed E-state index contributed by atoms with van der Waals surface area (Å²) in [6, 6.07) is 9.80. The van der Waals surface area contributed by atoms with Crippen LogP contribution in [0.4, 0.5) is 5.69 Å². The molecule has 0 fully saturated rings. The maximum atomic E-state index is 12.1. The molecule has 1 aromatic carbocycles. The van der Waals surface area contributed by atoms with E-state index in [0.29, 0.717) is 13.1 Å². The second kappa shape index (κ2) is 7.13. The number of nitrogens with zero attached hydrogens (tertiary/aromatic N) is 2. The molecular formula is C14H22N2O2. The number of para-hydroxylation sites is 1. The van der Waals surface area contributed by atoms with Gasteiger partial charge in [0.05, 0.1) is 13.2 Å². The molecular weight excluding hydrogens is 228 g/mol.